The lowest BCUT2D eigenvalue weighted by Gasteiger charge is -2.32. The average molecular weight is 478 g/mol. The van der Waals surface area contributed by atoms with Gasteiger partial charge in [-0.25, -0.2) is 0 Å². The summed E-state index contributed by atoms with van der Waals surface area (Å²) in [6.45, 7) is 2.54. The van der Waals surface area contributed by atoms with E-state index in [0.29, 0.717) is 54.8 Å². The number of carbonyl (C=O) groups excluding carboxylic acids is 5. The molecule has 9 heteroatoms. The Hall–Kier alpha value is -4.01. The molecule has 0 atom stereocenters. The highest BCUT2D eigenvalue weighted by atomic mass is 16.5. The van der Waals surface area contributed by atoms with E-state index >= 15 is 0 Å². The third-order valence-electron chi connectivity index (χ3n) is 6.19. The fraction of sp³-hybridized carbons (Fsp3) is 0.346. The molecule has 0 saturated carbocycles. The van der Waals surface area contributed by atoms with Gasteiger partial charge in [-0.1, -0.05) is 18.2 Å². The quantitative estimate of drug-likeness (QED) is 0.372. The molecule has 0 spiro atoms. The molecule has 4 rings (SSSR count). The van der Waals surface area contributed by atoms with Gasteiger partial charge in [0, 0.05) is 44.6 Å². The van der Waals surface area contributed by atoms with Crippen LogP contribution in [0.4, 0.5) is 0 Å². The predicted molar refractivity (Wildman–Crippen MR) is 126 cm³/mol. The van der Waals surface area contributed by atoms with Crippen molar-refractivity contribution in [2.45, 2.75) is 38.6 Å². The van der Waals surface area contributed by atoms with Crippen LogP contribution < -0.4 is 10.1 Å². The highest BCUT2D eigenvalue weighted by Crippen LogP contribution is 2.23. The van der Waals surface area contributed by atoms with Crippen LogP contribution in [0.3, 0.4) is 0 Å². The van der Waals surface area contributed by atoms with E-state index in [2.05, 4.69) is 5.32 Å². The van der Waals surface area contributed by atoms with Crippen molar-refractivity contribution in [1.29, 1.82) is 0 Å². The summed E-state index contributed by atoms with van der Waals surface area (Å²) in [5, 5.41) is 2.97. The number of nitrogens with zero attached hydrogens (tertiary/aromatic N) is 2. The Morgan fingerprint density at radius 2 is 1.63 bits per heavy atom. The first-order valence-corrected chi connectivity index (χ1v) is 11.7. The lowest BCUT2D eigenvalue weighted by Crippen LogP contribution is -2.46. The summed E-state index contributed by atoms with van der Waals surface area (Å²) >= 11 is 0. The Morgan fingerprint density at radius 1 is 0.971 bits per heavy atom. The summed E-state index contributed by atoms with van der Waals surface area (Å²) < 4.78 is 5.02. The monoisotopic (exact) mass is 477 g/mol. The molecule has 35 heavy (non-hydrogen) atoms. The van der Waals surface area contributed by atoms with Gasteiger partial charge in [0.1, 0.15) is 5.75 Å². The number of hydrogen-bond acceptors (Lipinski definition) is 6. The minimum absolute atomic E-state index is 0.0273. The van der Waals surface area contributed by atoms with Gasteiger partial charge < -0.3 is 15.0 Å². The van der Waals surface area contributed by atoms with Gasteiger partial charge in [0.2, 0.25) is 5.91 Å². The maximum Gasteiger partial charge on any atom is 0.308 e. The number of benzene rings is 2. The number of ether oxygens (including phenoxy) is 1. The maximum atomic E-state index is 12.6. The van der Waals surface area contributed by atoms with Crippen molar-refractivity contribution in [3.05, 3.63) is 65.2 Å². The Morgan fingerprint density at radius 3 is 2.26 bits per heavy atom. The summed E-state index contributed by atoms with van der Waals surface area (Å²) in [5.41, 5.74) is 1.22. The second-order valence-corrected chi connectivity index (χ2v) is 8.66. The van der Waals surface area contributed by atoms with Crippen molar-refractivity contribution in [1.82, 2.24) is 15.1 Å². The summed E-state index contributed by atoms with van der Waals surface area (Å²) in [5.74, 6) is -1.05. The number of piperidine rings is 1. The first-order chi connectivity index (χ1) is 16.8. The minimum Gasteiger partial charge on any atom is -0.427 e. The molecule has 0 unspecified atom stereocenters. The first-order valence-electron chi connectivity index (χ1n) is 11.7. The highest BCUT2D eigenvalue weighted by molar-refractivity contribution is 6.21. The van der Waals surface area contributed by atoms with Crippen LogP contribution in [0.15, 0.2) is 48.5 Å². The SMILES string of the molecule is CC(=O)Oc1cccc(C(=O)NC2CCN(C(=O)CCCN3C(=O)c4ccccc4C3=O)CC2)c1. The zero-order chi connectivity index (χ0) is 24.9. The molecule has 2 aliphatic rings. The molecule has 4 amide bonds. The maximum absolute atomic E-state index is 12.6. The molecule has 1 saturated heterocycles. The van der Waals surface area contributed by atoms with Crippen molar-refractivity contribution in [2.24, 2.45) is 0 Å². The van der Waals surface area contributed by atoms with Crippen LogP contribution >= 0.6 is 0 Å². The van der Waals surface area contributed by atoms with Gasteiger partial charge in [-0.3, -0.25) is 28.9 Å². The molecule has 182 valence electrons. The predicted octanol–water partition coefficient (Wildman–Crippen LogP) is 2.41. The van der Waals surface area contributed by atoms with Gasteiger partial charge in [-0.2, -0.15) is 0 Å². The Kier molecular flexibility index (Phi) is 7.24. The first kappa shape index (κ1) is 24.1. The molecule has 0 bridgehead atoms. The zero-order valence-corrected chi connectivity index (χ0v) is 19.5. The van der Waals surface area contributed by atoms with E-state index in [1.165, 1.54) is 17.9 Å². The summed E-state index contributed by atoms with van der Waals surface area (Å²) in [6.07, 6.45) is 1.89. The number of rotatable bonds is 7. The molecular formula is C26H27N3O6. The standard InChI is InChI=1S/C26H27N3O6/c1-17(30)35-20-7-4-6-18(16-20)24(32)27-19-11-14-28(15-12-19)23(31)10-5-13-29-25(33)21-8-2-3-9-22(21)26(29)34/h2-4,6-9,16,19H,5,10-15H2,1H3,(H,27,32). The molecule has 2 aromatic rings. The molecule has 2 aliphatic heterocycles. The Bertz CT molecular complexity index is 1130. The van der Waals surface area contributed by atoms with E-state index in [9.17, 15) is 24.0 Å². The minimum atomic E-state index is -0.455. The average Bonchev–Trinajstić information content (AvgIpc) is 3.09. The van der Waals surface area contributed by atoms with E-state index in [4.69, 9.17) is 4.74 Å². The van der Waals surface area contributed by atoms with Crippen molar-refractivity contribution in [3.8, 4) is 5.75 Å². The lowest BCUT2D eigenvalue weighted by atomic mass is 10.0. The zero-order valence-electron chi connectivity index (χ0n) is 19.5. The topological polar surface area (TPSA) is 113 Å². The number of fused-ring (bicyclic) bond motifs is 1. The molecule has 0 aliphatic carbocycles. The van der Waals surface area contributed by atoms with Crippen LogP contribution in [0.1, 0.15) is 63.7 Å². The summed E-state index contributed by atoms with van der Waals surface area (Å²) in [4.78, 5) is 64.2. The Balaban J connectivity index is 1.20. The smallest absolute Gasteiger partial charge is 0.308 e. The lowest BCUT2D eigenvalue weighted by molar-refractivity contribution is -0.133. The highest BCUT2D eigenvalue weighted by Gasteiger charge is 2.34. The van der Waals surface area contributed by atoms with E-state index in [-0.39, 0.29) is 42.6 Å². The summed E-state index contributed by atoms with van der Waals surface area (Å²) in [7, 11) is 0. The second kappa shape index (κ2) is 10.5. The van der Waals surface area contributed by atoms with Crippen LogP contribution in [0.2, 0.25) is 0 Å². The van der Waals surface area contributed by atoms with E-state index in [1.807, 2.05) is 0 Å². The Labute approximate surface area is 203 Å². The second-order valence-electron chi connectivity index (χ2n) is 8.66. The van der Waals surface area contributed by atoms with Gasteiger partial charge in [0.05, 0.1) is 11.1 Å². The van der Waals surface area contributed by atoms with Crippen LogP contribution in [0, 0.1) is 0 Å². The molecule has 1 fully saturated rings. The molecular weight excluding hydrogens is 450 g/mol. The van der Waals surface area contributed by atoms with Gasteiger partial charge in [0.15, 0.2) is 0 Å². The number of carbonyl (C=O) groups is 5. The van der Waals surface area contributed by atoms with Gasteiger partial charge in [-0.15, -0.1) is 0 Å². The van der Waals surface area contributed by atoms with Crippen molar-refractivity contribution < 1.29 is 28.7 Å². The number of imide groups is 1. The van der Waals surface area contributed by atoms with Crippen molar-refractivity contribution >= 4 is 29.6 Å². The summed E-state index contributed by atoms with van der Waals surface area (Å²) in [6, 6.07) is 13.1. The van der Waals surface area contributed by atoms with Gasteiger partial charge in [0.25, 0.3) is 17.7 Å². The third-order valence-corrected chi connectivity index (χ3v) is 6.19. The normalized spacial score (nSPS) is 15.7. The van der Waals surface area contributed by atoms with Crippen LogP contribution in [-0.2, 0) is 9.59 Å². The van der Waals surface area contributed by atoms with E-state index in [1.54, 1.807) is 47.4 Å². The molecule has 9 nitrogen and oxygen atoms in total. The molecule has 0 aromatic heterocycles. The molecule has 2 heterocycles. The third kappa shape index (κ3) is 5.56. The van der Waals surface area contributed by atoms with E-state index < -0.39 is 5.97 Å². The largest absolute Gasteiger partial charge is 0.427 e. The van der Waals surface area contributed by atoms with Crippen LogP contribution in [0.5, 0.6) is 5.75 Å². The molecule has 1 N–H and O–H groups in total. The number of amides is 4. The fourth-order valence-electron chi connectivity index (χ4n) is 4.40. The van der Waals surface area contributed by atoms with Crippen molar-refractivity contribution in [3.63, 3.8) is 0 Å². The molecule has 0 radical (unpaired) electrons. The van der Waals surface area contributed by atoms with Crippen molar-refractivity contribution in [2.75, 3.05) is 19.6 Å². The van der Waals surface area contributed by atoms with Crippen LogP contribution in [0.25, 0.3) is 0 Å². The van der Waals surface area contributed by atoms with E-state index in [0.717, 1.165) is 0 Å². The number of nitrogens with one attached hydrogen (secondary N) is 1. The van der Waals surface area contributed by atoms with Gasteiger partial charge >= 0.3 is 5.97 Å². The fourth-order valence-corrected chi connectivity index (χ4v) is 4.40. The number of hydrogen-bond donors (Lipinski definition) is 1. The number of likely N-dealkylation sites (tertiary alicyclic amines) is 1. The van der Waals surface area contributed by atoms with Gasteiger partial charge in [-0.05, 0) is 49.6 Å². The van der Waals surface area contributed by atoms with Crippen LogP contribution in [-0.4, -0.2) is 65.1 Å². The number of esters is 1. The molecule has 2 aromatic carbocycles.